The summed E-state index contributed by atoms with van der Waals surface area (Å²) in [6, 6.07) is 6.58. The van der Waals surface area contributed by atoms with E-state index in [1.165, 1.54) is 11.9 Å². The van der Waals surface area contributed by atoms with Crippen LogP contribution >= 0.6 is 0 Å². The molecule has 134 valence electrons. The zero-order valence-corrected chi connectivity index (χ0v) is 15.0. The Balaban J connectivity index is 1.89. The van der Waals surface area contributed by atoms with Crippen molar-refractivity contribution < 1.29 is 19.2 Å². The maximum Gasteiger partial charge on any atom is 0.261 e. The quantitative estimate of drug-likeness (QED) is 0.808. The summed E-state index contributed by atoms with van der Waals surface area (Å²) >= 11 is 0. The molecule has 0 aliphatic carbocycles. The Morgan fingerprint density at radius 1 is 1.08 bits per heavy atom. The van der Waals surface area contributed by atoms with E-state index in [1.54, 1.807) is 24.3 Å². The molecule has 1 aromatic carbocycles. The van der Waals surface area contributed by atoms with Gasteiger partial charge in [0.2, 0.25) is 11.8 Å². The Hall–Kier alpha value is -2.70. The highest BCUT2D eigenvalue weighted by atomic mass is 16.2. The van der Waals surface area contributed by atoms with Crippen LogP contribution in [0.25, 0.3) is 0 Å². The SMILES string of the molecule is CN(CC(=O)NC(C)(C)C)C(=O)CCN1C(=O)c2ccccc2C1=O. The summed E-state index contributed by atoms with van der Waals surface area (Å²) in [5.74, 6) is -1.34. The average molecular weight is 345 g/mol. The summed E-state index contributed by atoms with van der Waals surface area (Å²) in [4.78, 5) is 50.9. The number of amides is 4. The number of imide groups is 1. The number of benzene rings is 1. The van der Waals surface area contributed by atoms with Gasteiger partial charge in [0.05, 0.1) is 17.7 Å². The molecule has 7 nitrogen and oxygen atoms in total. The van der Waals surface area contributed by atoms with Gasteiger partial charge in [-0.15, -0.1) is 0 Å². The van der Waals surface area contributed by atoms with Crippen LogP contribution in [0.5, 0.6) is 0 Å². The fraction of sp³-hybridized carbons (Fsp3) is 0.444. The molecule has 1 aromatic rings. The van der Waals surface area contributed by atoms with Crippen LogP contribution in [0.15, 0.2) is 24.3 Å². The zero-order chi connectivity index (χ0) is 18.8. The van der Waals surface area contributed by atoms with Gasteiger partial charge in [-0.05, 0) is 32.9 Å². The lowest BCUT2D eigenvalue weighted by atomic mass is 10.1. The van der Waals surface area contributed by atoms with Crippen molar-refractivity contribution in [1.82, 2.24) is 15.1 Å². The minimum Gasteiger partial charge on any atom is -0.350 e. The van der Waals surface area contributed by atoms with Crippen LogP contribution in [0.4, 0.5) is 0 Å². The molecule has 1 N–H and O–H groups in total. The van der Waals surface area contributed by atoms with Crippen LogP contribution in [0.2, 0.25) is 0 Å². The second-order valence-corrected chi connectivity index (χ2v) is 7.11. The summed E-state index contributed by atoms with van der Waals surface area (Å²) in [5, 5.41) is 2.78. The molecule has 1 aliphatic heterocycles. The minimum absolute atomic E-state index is 0.00356. The van der Waals surface area contributed by atoms with Gasteiger partial charge in [-0.1, -0.05) is 12.1 Å². The van der Waals surface area contributed by atoms with Crippen molar-refractivity contribution in [2.45, 2.75) is 32.7 Å². The highest BCUT2D eigenvalue weighted by Crippen LogP contribution is 2.22. The molecule has 7 heteroatoms. The van der Waals surface area contributed by atoms with Crippen molar-refractivity contribution in [3.63, 3.8) is 0 Å². The van der Waals surface area contributed by atoms with E-state index in [1.807, 2.05) is 20.8 Å². The minimum atomic E-state index is -0.387. The third-order valence-corrected chi connectivity index (χ3v) is 3.75. The van der Waals surface area contributed by atoms with Crippen molar-refractivity contribution in [1.29, 1.82) is 0 Å². The molecule has 4 amide bonds. The van der Waals surface area contributed by atoms with Gasteiger partial charge in [0.25, 0.3) is 11.8 Å². The van der Waals surface area contributed by atoms with Crippen LogP contribution in [-0.4, -0.2) is 59.1 Å². The summed E-state index contributed by atoms with van der Waals surface area (Å²) < 4.78 is 0. The lowest BCUT2D eigenvalue weighted by molar-refractivity contribution is -0.135. The Morgan fingerprint density at radius 3 is 2.08 bits per heavy atom. The first-order valence-corrected chi connectivity index (χ1v) is 8.10. The van der Waals surface area contributed by atoms with E-state index in [9.17, 15) is 19.2 Å². The first-order chi connectivity index (χ1) is 11.6. The van der Waals surface area contributed by atoms with Crippen molar-refractivity contribution in [2.24, 2.45) is 0 Å². The maximum atomic E-state index is 12.2. The fourth-order valence-electron chi connectivity index (χ4n) is 2.60. The van der Waals surface area contributed by atoms with Gasteiger partial charge in [0, 0.05) is 25.6 Å². The van der Waals surface area contributed by atoms with Crippen LogP contribution in [0.3, 0.4) is 0 Å². The number of likely N-dealkylation sites (N-methyl/N-ethyl adjacent to an activating group) is 1. The maximum absolute atomic E-state index is 12.2. The lowest BCUT2D eigenvalue weighted by Gasteiger charge is -2.24. The van der Waals surface area contributed by atoms with Crippen LogP contribution in [0.1, 0.15) is 47.9 Å². The molecule has 0 radical (unpaired) electrons. The van der Waals surface area contributed by atoms with E-state index in [4.69, 9.17) is 0 Å². The van der Waals surface area contributed by atoms with Crippen LogP contribution in [0, 0.1) is 0 Å². The number of nitrogens with zero attached hydrogens (tertiary/aromatic N) is 2. The van der Waals surface area contributed by atoms with E-state index < -0.39 is 0 Å². The number of carbonyl (C=O) groups excluding carboxylic acids is 4. The van der Waals surface area contributed by atoms with E-state index in [-0.39, 0.29) is 48.7 Å². The molecule has 0 atom stereocenters. The second-order valence-electron chi connectivity index (χ2n) is 7.11. The Bertz CT molecular complexity index is 686. The van der Waals surface area contributed by atoms with Crippen molar-refractivity contribution in [2.75, 3.05) is 20.1 Å². The van der Waals surface area contributed by atoms with Gasteiger partial charge in [0.15, 0.2) is 0 Å². The van der Waals surface area contributed by atoms with E-state index in [2.05, 4.69) is 5.32 Å². The van der Waals surface area contributed by atoms with Gasteiger partial charge in [-0.25, -0.2) is 0 Å². The summed E-state index contributed by atoms with van der Waals surface area (Å²) in [6.45, 7) is 5.49. The molecule has 25 heavy (non-hydrogen) atoms. The average Bonchev–Trinajstić information content (AvgIpc) is 2.75. The molecule has 0 fully saturated rings. The van der Waals surface area contributed by atoms with Crippen molar-refractivity contribution >= 4 is 23.6 Å². The molecule has 1 heterocycles. The largest absolute Gasteiger partial charge is 0.350 e. The standard InChI is InChI=1S/C18H23N3O4/c1-18(2,3)19-14(22)11-20(4)15(23)9-10-21-16(24)12-7-5-6-8-13(12)17(21)25/h5-8H,9-11H2,1-4H3,(H,19,22). The van der Waals surface area contributed by atoms with E-state index in [0.29, 0.717) is 11.1 Å². The number of rotatable bonds is 5. The molecular weight excluding hydrogens is 322 g/mol. The molecule has 2 rings (SSSR count). The van der Waals surface area contributed by atoms with Gasteiger partial charge in [-0.3, -0.25) is 24.1 Å². The summed E-state index contributed by atoms with van der Waals surface area (Å²) in [7, 11) is 1.52. The lowest BCUT2D eigenvalue weighted by Crippen LogP contribution is -2.46. The Labute approximate surface area is 147 Å². The van der Waals surface area contributed by atoms with Crippen molar-refractivity contribution in [3.05, 3.63) is 35.4 Å². The second kappa shape index (κ2) is 7.04. The van der Waals surface area contributed by atoms with Crippen LogP contribution in [-0.2, 0) is 9.59 Å². The Kier molecular flexibility index (Phi) is 5.25. The summed E-state index contributed by atoms with van der Waals surface area (Å²) in [5.41, 5.74) is 0.344. The molecule has 0 saturated heterocycles. The number of nitrogens with one attached hydrogen (secondary N) is 1. The molecule has 0 aromatic heterocycles. The Morgan fingerprint density at radius 2 is 1.60 bits per heavy atom. The smallest absolute Gasteiger partial charge is 0.261 e. The van der Waals surface area contributed by atoms with Gasteiger partial charge >= 0.3 is 0 Å². The third kappa shape index (κ3) is 4.43. The predicted octanol–water partition coefficient (Wildman–Crippen LogP) is 1.05. The number of hydrogen-bond acceptors (Lipinski definition) is 4. The number of fused-ring (bicyclic) bond motifs is 1. The molecule has 0 unspecified atom stereocenters. The van der Waals surface area contributed by atoms with Gasteiger partial charge < -0.3 is 10.2 Å². The fourth-order valence-corrected chi connectivity index (χ4v) is 2.60. The molecular formula is C18H23N3O4. The third-order valence-electron chi connectivity index (χ3n) is 3.75. The molecule has 0 bridgehead atoms. The topological polar surface area (TPSA) is 86.8 Å². The summed E-state index contributed by atoms with van der Waals surface area (Å²) in [6.07, 6.45) is -0.0230. The normalized spacial score (nSPS) is 13.7. The first-order valence-electron chi connectivity index (χ1n) is 8.10. The van der Waals surface area contributed by atoms with Gasteiger partial charge in [0.1, 0.15) is 0 Å². The van der Waals surface area contributed by atoms with Gasteiger partial charge in [-0.2, -0.15) is 0 Å². The predicted molar refractivity (Wildman–Crippen MR) is 92.0 cm³/mol. The molecule has 0 spiro atoms. The molecule has 1 aliphatic rings. The van der Waals surface area contributed by atoms with E-state index >= 15 is 0 Å². The monoisotopic (exact) mass is 345 g/mol. The van der Waals surface area contributed by atoms with E-state index in [0.717, 1.165) is 4.90 Å². The van der Waals surface area contributed by atoms with Crippen LogP contribution < -0.4 is 5.32 Å². The zero-order valence-electron chi connectivity index (χ0n) is 15.0. The number of carbonyl (C=O) groups is 4. The highest BCUT2D eigenvalue weighted by molar-refractivity contribution is 6.21. The first kappa shape index (κ1) is 18.6. The highest BCUT2D eigenvalue weighted by Gasteiger charge is 2.35. The number of hydrogen-bond donors (Lipinski definition) is 1. The van der Waals surface area contributed by atoms with Crippen molar-refractivity contribution in [3.8, 4) is 0 Å². The molecule has 0 saturated carbocycles.